The van der Waals surface area contributed by atoms with E-state index < -0.39 is 0 Å². The van der Waals surface area contributed by atoms with Crippen LogP contribution in [-0.4, -0.2) is 9.51 Å². The van der Waals surface area contributed by atoms with E-state index in [2.05, 4.69) is 0 Å². The van der Waals surface area contributed by atoms with E-state index in [-0.39, 0.29) is 0 Å². The predicted molar refractivity (Wildman–Crippen MR) is 56.6 cm³/mol. The molecule has 1 N–H and O–H groups in total. The highest BCUT2D eigenvalue weighted by Gasteiger charge is 2.03. The van der Waals surface area contributed by atoms with Crippen molar-refractivity contribution >= 4 is 16.4 Å². The van der Waals surface area contributed by atoms with Gasteiger partial charge in [0.2, 0.25) is 0 Å². The zero-order valence-corrected chi connectivity index (χ0v) is 7.51. The van der Waals surface area contributed by atoms with Gasteiger partial charge >= 0.3 is 0 Å². The van der Waals surface area contributed by atoms with Crippen molar-refractivity contribution < 1.29 is 5.11 Å². The molecule has 2 heteroatoms. The monoisotopic (exact) mass is 183 g/mol. The molecule has 68 valence electrons. The standard InChI is InChI=1S/C12H9NO/c14-12-6-3-7-13-10-5-2-1-4-9(10)8-11(12)13/h1-8,14H. The summed E-state index contributed by atoms with van der Waals surface area (Å²) in [7, 11) is 0. The Hall–Kier alpha value is -1.96. The molecule has 3 aromatic rings. The fourth-order valence-electron chi connectivity index (χ4n) is 1.84. The molecule has 2 nitrogen and oxygen atoms in total. The lowest BCUT2D eigenvalue weighted by Crippen LogP contribution is -1.81. The Bertz CT molecular complexity index is 610. The van der Waals surface area contributed by atoms with E-state index in [0.29, 0.717) is 5.75 Å². The zero-order chi connectivity index (χ0) is 9.54. The van der Waals surface area contributed by atoms with E-state index in [1.807, 2.05) is 47.0 Å². The molecule has 0 spiro atoms. The van der Waals surface area contributed by atoms with Crippen LogP contribution in [0.4, 0.5) is 0 Å². The summed E-state index contributed by atoms with van der Waals surface area (Å²) in [4.78, 5) is 0. The lowest BCUT2D eigenvalue weighted by molar-refractivity contribution is 0.479. The third-order valence-corrected chi connectivity index (χ3v) is 2.50. The third kappa shape index (κ3) is 0.852. The molecule has 0 aliphatic heterocycles. The number of pyridine rings is 1. The number of para-hydroxylation sites is 1. The highest BCUT2D eigenvalue weighted by atomic mass is 16.3. The summed E-state index contributed by atoms with van der Waals surface area (Å²) in [5.41, 5.74) is 1.98. The van der Waals surface area contributed by atoms with Gasteiger partial charge < -0.3 is 9.51 Å². The van der Waals surface area contributed by atoms with Gasteiger partial charge in [-0.05, 0) is 24.3 Å². The van der Waals surface area contributed by atoms with E-state index in [0.717, 1.165) is 16.4 Å². The van der Waals surface area contributed by atoms with E-state index >= 15 is 0 Å². The summed E-state index contributed by atoms with van der Waals surface area (Å²) in [5.74, 6) is 0.323. The first-order valence-corrected chi connectivity index (χ1v) is 4.54. The summed E-state index contributed by atoms with van der Waals surface area (Å²) in [6.45, 7) is 0. The van der Waals surface area contributed by atoms with E-state index in [1.165, 1.54) is 0 Å². The van der Waals surface area contributed by atoms with Crippen LogP contribution in [0.5, 0.6) is 5.75 Å². The quantitative estimate of drug-likeness (QED) is 0.569. The summed E-state index contributed by atoms with van der Waals surface area (Å²) >= 11 is 0. The Morgan fingerprint density at radius 3 is 2.71 bits per heavy atom. The number of benzene rings is 1. The first-order valence-electron chi connectivity index (χ1n) is 4.54. The van der Waals surface area contributed by atoms with Crippen molar-refractivity contribution in [1.29, 1.82) is 0 Å². The van der Waals surface area contributed by atoms with Crippen LogP contribution in [0.2, 0.25) is 0 Å². The van der Waals surface area contributed by atoms with Crippen molar-refractivity contribution in [3.63, 3.8) is 0 Å². The van der Waals surface area contributed by atoms with Crippen LogP contribution in [0.1, 0.15) is 0 Å². The van der Waals surface area contributed by atoms with Crippen molar-refractivity contribution in [1.82, 2.24) is 4.40 Å². The molecule has 0 saturated carbocycles. The Morgan fingerprint density at radius 2 is 1.79 bits per heavy atom. The topological polar surface area (TPSA) is 24.6 Å². The van der Waals surface area contributed by atoms with Gasteiger partial charge in [-0.15, -0.1) is 0 Å². The third-order valence-electron chi connectivity index (χ3n) is 2.50. The first kappa shape index (κ1) is 7.44. The van der Waals surface area contributed by atoms with Crippen LogP contribution in [0.25, 0.3) is 16.4 Å². The molecular formula is C12H9NO. The molecule has 3 rings (SSSR count). The molecule has 0 atom stereocenters. The maximum Gasteiger partial charge on any atom is 0.139 e. The molecule has 0 amide bonds. The molecule has 0 radical (unpaired) electrons. The molecule has 14 heavy (non-hydrogen) atoms. The van der Waals surface area contributed by atoms with Gasteiger partial charge in [-0.1, -0.05) is 18.2 Å². The van der Waals surface area contributed by atoms with Gasteiger partial charge in [0.1, 0.15) is 5.75 Å². The molecule has 0 saturated heterocycles. The van der Waals surface area contributed by atoms with Gasteiger partial charge in [0.25, 0.3) is 0 Å². The van der Waals surface area contributed by atoms with Crippen LogP contribution < -0.4 is 0 Å². The molecule has 0 bridgehead atoms. The number of hydrogen-bond donors (Lipinski definition) is 1. The molecular weight excluding hydrogens is 174 g/mol. The van der Waals surface area contributed by atoms with Crippen LogP contribution in [0.15, 0.2) is 48.7 Å². The number of nitrogens with zero attached hydrogens (tertiary/aromatic N) is 1. The van der Waals surface area contributed by atoms with Crippen LogP contribution in [-0.2, 0) is 0 Å². The second kappa shape index (κ2) is 2.51. The predicted octanol–water partition coefficient (Wildman–Crippen LogP) is 2.80. The Balaban J connectivity index is 2.63. The molecule has 0 aliphatic carbocycles. The van der Waals surface area contributed by atoms with Crippen molar-refractivity contribution in [2.45, 2.75) is 0 Å². The fourth-order valence-corrected chi connectivity index (χ4v) is 1.84. The second-order valence-corrected chi connectivity index (χ2v) is 3.35. The van der Waals surface area contributed by atoms with Crippen molar-refractivity contribution in [3.8, 4) is 5.75 Å². The Labute approximate surface area is 81.0 Å². The minimum atomic E-state index is 0.323. The Kier molecular flexibility index (Phi) is 1.34. The summed E-state index contributed by atoms with van der Waals surface area (Å²) in [6, 6.07) is 13.6. The van der Waals surface area contributed by atoms with Gasteiger partial charge in [0.15, 0.2) is 0 Å². The maximum atomic E-state index is 9.65. The lowest BCUT2D eigenvalue weighted by atomic mass is 10.2. The van der Waals surface area contributed by atoms with E-state index in [4.69, 9.17) is 0 Å². The second-order valence-electron chi connectivity index (χ2n) is 3.35. The SMILES string of the molecule is Oc1cccn2c1cc1ccccc12. The molecule has 0 unspecified atom stereocenters. The number of aromatic hydroxyl groups is 1. The van der Waals surface area contributed by atoms with Gasteiger partial charge in [-0.2, -0.15) is 0 Å². The molecule has 1 aromatic carbocycles. The molecule has 0 aliphatic rings. The minimum Gasteiger partial charge on any atom is -0.506 e. The fraction of sp³-hybridized carbons (Fsp3) is 0. The van der Waals surface area contributed by atoms with E-state index in [9.17, 15) is 5.11 Å². The van der Waals surface area contributed by atoms with Crippen molar-refractivity contribution in [2.24, 2.45) is 0 Å². The van der Waals surface area contributed by atoms with Crippen molar-refractivity contribution in [3.05, 3.63) is 48.7 Å². The van der Waals surface area contributed by atoms with Crippen LogP contribution in [0.3, 0.4) is 0 Å². The zero-order valence-electron chi connectivity index (χ0n) is 7.51. The average molecular weight is 183 g/mol. The molecule has 0 fully saturated rings. The number of aromatic nitrogens is 1. The normalized spacial score (nSPS) is 11.1. The first-order chi connectivity index (χ1) is 6.86. The van der Waals surface area contributed by atoms with Crippen molar-refractivity contribution in [2.75, 3.05) is 0 Å². The maximum absolute atomic E-state index is 9.65. The number of hydrogen-bond acceptors (Lipinski definition) is 1. The van der Waals surface area contributed by atoms with E-state index in [1.54, 1.807) is 6.07 Å². The van der Waals surface area contributed by atoms with Gasteiger partial charge in [-0.3, -0.25) is 0 Å². The van der Waals surface area contributed by atoms with Gasteiger partial charge in [0.05, 0.1) is 11.0 Å². The molecule has 2 heterocycles. The number of fused-ring (bicyclic) bond motifs is 3. The van der Waals surface area contributed by atoms with Gasteiger partial charge in [0, 0.05) is 11.6 Å². The summed E-state index contributed by atoms with van der Waals surface area (Å²) in [6.07, 6.45) is 1.96. The number of rotatable bonds is 0. The summed E-state index contributed by atoms with van der Waals surface area (Å²) < 4.78 is 1.99. The Morgan fingerprint density at radius 1 is 0.929 bits per heavy atom. The molecule has 2 aromatic heterocycles. The average Bonchev–Trinajstić information content (AvgIpc) is 2.59. The highest BCUT2D eigenvalue weighted by Crippen LogP contribution is 2.25. The highest BCUT2D eigenvalue weighted by molar-refractivity contribution is 5.88. The minimum absolute atomic E-state index is 0.323. The van der Waals surface area contributed by atoms with Crippen LogP contribution in [0, 0.1) is 0 Å². The summed E-state index contributed by atoms with van der Waals surface area (Å²) in [5, 5.41) is 10.8. The van der Waals surface area contributed by atoms with Crippen LogP contribution >= 0.6 is 0 Å². The lowest BCUT2D eigenvalue weighted by Gasteiger charge is -1.97. The smallest absolute Gasteiger partial charge is 0.139 e. The largest absolute Gasteiger partial charge is 0.506 e. The van der Waals surface area contributed by atoms with Gasteiger partial charge in [-0.25, -0.2) is 0 Å².